The summed E-state index contributed by atoms with van der Waals surface area (Å²) in [5, 5.41) is 2.63. The smallest absolute Gasteiger partial charge is 0.379 e. The van der Waals surface area contributed by atoms with Gasteiger partial charge in [0.15, 0.2) is 12.2 Å². The van der Waals surface area contributed by atoms with Crippen molar-refractivity contribution in [2.75, 3.05) is 13.7 Å². The van der Waals surface area contributed by atoms with Crippen molar-refractivity contribution >= 4 is 41.7 Å². The number of hydrogen-bond donors (Lipinski definition) is 1. The fraction of sp³-hybridized carbons (Fsp3) is 0.708. The number of carbonyl (C=O) groups is 7. The maximum atomic E-state index is 12.9. The lowest BCUT2D eigenvalue weighted by atomic mass is 9.87. The summed E-state index contributed by atoms with van der Waals surface area (Å²) in [5.41, 5.74) is 0. The van der Waals surface area contributed by atoms with Crippen LogP contribution in [0.25, 0.3) is 0 Å². The lowest BCUT2D eigenvalue weighted by molar-refractivity contribution is -0.304. The Kier molecular flexibility index (Phi) is 12.3. The summed E-state index contributed by atoms with van der Waals surface area (Å²) in [5.74, 6) is -9.34. The third kappa shape index (κ3) is 9.81. The Balaban J connectivity index is 3.90. The second-order valence-corrected chi connectivity index (χ2v) is 8.99. The van der Waals surface area contributed by atoms with Gasteiger partial charge in [-0.25, -0.2) is 4.79 Å². The molecule has 0 bridgehead atoms. The molecule has 1 fully saturated rings. The molecule has 15 heteroatoms. The van der Waals surface area contributed by atoms with E-state index in [2.05, 4.69) is 5.32 Å². The van der Waals surface area contributed by atoms with Crippen molar-refractivity contribution in [1.82, 2.24) is 5.32 Å². The molecule has 1 saturated heterocycles. The molecular formula is C24H35NO14. The second kappa shape index (κ2) is 14.4. The highest BCUT2D eigenvalue weighted by Crippen LogP contribution is 2.37. The van der Waals surface area contributed by atoms with Gasteiger partial charge >= 0.3 is 41.6 Å². The van der Waals surface area contributed by atoms with Crippen LogP contribution in [0.2, 0.25) is 0 Å². The largest absolute Gasteiger partial charge is 0.464 e. The van der Waals surface area contributed by atoms with E-state index in [1.165, 1.54) is 0 Å². The number of esters is 6. The molecule has 1 rings (SSSR count). The van der Waals surface area contributed by atoms with Crippen LogP contribution in [0.3, 0.4) is 0 Å². The van der Waals surface area contributed by atoms with E-state index in [-0.39, 0.29) is 0 Å². The molecule has 0 radical (unpaired) electrons. The SMILES string of the molecule is COC(=O)C1(OC(C)=O)C[C@H](OC(C)=O)[C@@H](NC(=O)C(C)C)[C@H]([C@@H](OC(C)=O)[C@@H](COC(C)=O)OC(C)=O)O1. The molecule has 39 heavy (non-hydrogen) atoms. The molecule has 1 aliphatic heterocycles. The minimum absolute atomic E-state index is 0.561. The average Bonchev–Trinajstić information content (AvgIpc) is 2.79. The third-order valence-corrected chi connectivity index (χ3v) is 5.27. The average molecular weight is 562 g/mol. The number of methoxy groups -OCH3 is 1. The van der Waals surface area contributed by atoms with Gasteiger partial charge in [-0.3, -0.25) is 28.8 Å². The molecule has 0 spiro atoms. The Labute approximate surface area is 225 Å². The Morgan fingerprint density at radius 3 is 1.90 bits per heavy atom. The molecule has 1 aliphatic rings. The van der Waals surface area contributed by atoms with Gasteiger partial charge in [-0.2, -0.15) is 0 Å². The van der Waals surface area contributed by atoms with Crippen LogP contribution < -0.4 is 5.32 Å². The number of nitrogens with one attached hydrogen (secondary N) is 1. The summed E-state index contributed by atoms with van der Waals surface area (Å²) >= 11 is 0. The first-order chi connectivity index (χ1) is 18.0. The van der Waals surface area contributed by atoms with Crippen LogP contribution in [-0.4, -0.2) is 91.7 Å². The summed E-state index contributed by atoms with van der Waals surface area (Å²) in [6.07, 6.45) is -7.02. The monoisotopic (exact) mass is 561 g/mol. The Morgan fingerprint density at radius 2 is 1.46 bits per heavy atom. The molecule has 15 nitrogen and oxygen atoms in total. The van der Waals surface area contributed by atoms with Crippen LogP contribution in [0.15, 0.2) is 0 Å². The van der Waals surface area contributed by atoms with Gasteiger partial charge in [0.25, 0.3) is 0 Å². The zero-order valence-corrected chi connectivity index (χ0v) is 23.1. The summed E-state index contributed by atoms with van der Waals surface area (Å²) in [7, 11) is 0.978. The van der Waals surface area contributed by atoms with Gasteiger partial charge in [0.2, 0.25) is 5.91 Å². The molecule has 1 heterocycles. The van der Waals surface area contributed by atoms with E-state index in [1.807, 2.05) is 0 Å². The maximum Gasteiger partial charge on any atom is 0.379 e. The molecule has 220 valence electrons. The Hall–Kier alpha value is -3.75. The molecule has 0 aromatic carbocycles. The van der Waals surface area contributed by atoms with Gasteiger partial charge in [-0.15, -0.1) is 0 Å². The molecule has 0 saturated carbocycles. The topological polar surface area (TPSA) is 196 Å². The number of hydrogen-bond acceptors (Lipinski definition) is 14. The summed E-state index contributed by atoms with van der Waals surface area (Å²) < 4.78 is 37.0. The van der Waals surface area contributed by atoms with Gasteiger partial charge in [-0.1, -0.05) is 13.8 Å². The van der Waals surface area contributed by atoms with Crippen molar-refractivity contribution in [1.29, 1.82) is 0 Å². The van der Waals surface area contributed by atoms with E-state index >= 15 is 0 Å². The number of rotatable bonds is 11. The highest BCUT2D eigenvalue weighted by Gasteiger charge is 2.60. The first kappa shape index (κ1) is 33.3. The van der Waals surface area contributed by atoms with Crippen LogP contribution in [-0.2, 0) is 66.7 Å². The normalized spacial score (nSPS) is 23.9. The minimum atomic E-state index is -2.55. The Bertz CT molecular complexity index is 962. The molecule has 0 aromatic heterocycles. The van der Waals surface area contributed by atoms with E-state index in [1.54, 1.807) is 13.8 Å². The summed E-state index contributed by atoms with van der Waals surface area (Å²) in [4.78, 5) is 85.4. The highest BCUT2D eigenvalue weighted by atomic mass is 16.8. The van der Waals surface area contributed by atoms with Crippen molar-refractivity contribution in [2.45, 2.75) is 91.1 Å². The van der Waals surface area contributed by atoms with Crippen LogP contribution in [0.1, 0.15) is 54.9 Å². The zero-order chi connectivity index (χ0) is 30.1. The van der Waals surface area contributed by atoms with Crippen molar-refractivity contribution in [3.63, 3.8) is 0 Å². The highest BCUT2D eigenvalue weighted by molar-refractivity contribution is 5.82. The van der Waals surface area contributed by atoms with Gasteiger partial charge in [0.1, 0.15) is 18.8 Å². The van der Waals surface area contributed by atoms with Crippen LogP contribution in [0, 0.1) is 5.92 Å². The standard InChI is InChI=1S/C24H35NO14/c1-11(2)22(31)25-19-17(35-13(4)27)9-24(23(32)33-8,38-16(7)30)39-21(19)20(37-15(6)29)18(36-14(5)28)10-34-12(3)26/h11,17-21H,9-10H2,1-8H3,(H,25,31)/t17-,18+,19+,20-,21+,24?/m0/s1. The molecule has 0 aromatic rings. The number of amides is 1. The quantitative estimate of drug-likeness (QED) is 0.255. The Morgan fingerprint density at radius 1 is 0.872 bits per heavy atom. The number of ether oxygens (including phenoxy) is 7. The van der Waals surface area contributed by atoms with E-state index in [4.69, 9.17) is 33.2 Å². The first-order valence-corrected chi connectivity index (χ1v) is 11.9. The summed E-state index contributed by atoms with van der Waals surface area (Å²) in [6.45, 7) is 7.65. The molecule has 6 atom stereocenters. The van der Waals surface area contributed by atoms with Crippen LogP contribution in [0.4, 0.5) is 0 Å². The van der Waals surface area contributed by atoms with Gasteiger partial charge in [0, 0.05) is 40.5 Å². The first-order valence-electron chi connectivity index (χ1n) is 11.9. The van der Waals surface area contributed by atoms with Crippen molar-refractivity contribution in [2.24, 2.45) is 5.92 Å². The maximum absolute atomic E-state index is 12.9. The fourth-order valence-electron chi connectivity index (χ4n) is 3.83. The lowest BCUT2D eigenvalue weighted by Gasteiger charge is -2.48. The molecule has 0 aliphatic carbocycles. The predicted molar refractivity (Wildman–Crippen MR) is 126 cm³/mol. The van der Waals surface area contributed by atoms with E-state index in [9.17, 15) is 33.6 Å². The van der Waals surface area contributed by atoms with Crippen LogP contribution >= 0.6 is 0 Å². The fourth-order valence-corrected chi connectivity index (χ4v) is 3.83. The van der Waals surface area contributed by atoms with Crippen molar-refractivity contribution < 1.29 is 66.7 Å². The zero-order valence-electron chi connectivity index (χ0n) is 23.1. The summed E-state index contributed by atoms with van der Waals surface area (Å²) in [6, 6.07) is -1.36. The van der Waals surface area contributed by atoms with Crippen LogP contribution in [0.5, 0.6) is 0 Å². The van der Waals surface area contributed by atoms with E-state index < -0.39 is 96.9 Å². The third-order valence-electron chi connectivity index (χ3n) is 5.27. The molecule has 1 N–H and O–H groups in total. The van der Waals surface area contributed by atoms with Gasteiger partial charge in [0.05, 0.1) is 19.6 Å². The van der Waals surface area contributed by atoms with E-state index in [0.717, 1.165) is 41.7 Å². The van der Waals surface area contributed by atoms with Crippen molar-refractivity contribution in [3.8, 4) is 0 Å². The van der Waals surface area contributed by atoms with Gasteiger partial charge < -0.3 is 38.5 Å². The number of carbonyl (C=O) groups excluding carboxylic acids is 7. The second-order valence-electron chi connectivity index (χ2n) is 8.99. The predicted octanol–water partition coefficient (Wildman–Crippen LogP) is -0.293. The molecular weight excluding hydrogens is 526 g/mol. The molecule has 1 unspecified atom stereocenters. The minimum Gasteiger partial charge on any atom is -0.464 e. The lowest BCUT2D eigenvalue weighted by Crippen LogP contribution is -2.69. The van der Waals surface area contributed by atoms with E-state index in [0.29, 0.717) is 0 Å². The van der Waals surface area contributed by atoms with Gasteiger partial charge in [-0.05, 0) is 0 Å². The molecule has 1 amide bonds. The van der Waals surface area contributed by atoms with Crippen molar-refractivity contribution in [3.05, 3.63) is 0 Å².